The van der Waals surface area contributed by atoms with Gasteiger partial charge >= 0.3 is 6.09 Å². The van der Waals surface area contributed by atoms with E-state index in [4.69, 9.17) is 4.74 Å². The summed E-state index contributed by atoms with van der Waals surface area (Å²) in [4.78, 5) is 21.3. The van der Waals surface area contributed by atoms with E-state index in [-0.39, 0.29) is 0 Å². The van der Waals surface area contributed by atoms with Crippen molar-refractivity contribution in [3.8, 4) is 11.6 Å². The van der Waals surface area contributed by atoms with E-state index in [1.807, 2.05) is 45.0 Å². The van der Waals surface area contributed by atoms with E-state index in [0.29, 0.717) is 17.3 Å². The minimum Gasteiger partial charge on any atom is -0.465 e. The third-order valence-corrected chi connectivity index (χ3v) is 3.68. The Labute approximate surface area is 145 Å². The van der Waals surface area contributed by atoms with Crippen LogP contribution >= 0.6 is 0 Å². The number of carboxylic acid groups (broad SMARTS) is 1. The zero-order valence-electron chi connectivity index (χ0n) is 14.3. The summed E-state index contributed by atoms with van der Waals surface area (Å²) in [6, 6.07) is 14.5. The molecule has 0 saturated carbocycles. The molecule has 6 nitrogen and oxygen atoms in total. The number of aromatic nitrogens is 2. The molecular formula is C19H19N3O3. The van der Waals surface area contributed by atoms with Crippen molar-refractivity contribution in [2.45, 2.75) is 26.3 Å². The van der Waals surface area contributed by atoms with Gasteiger partial charge in [0.1, 0.15) is 12.1 Å². The Balaban J connectivity index is 1.89. The minimum absolute atomic E-state index is 0.462. The van der Waals surface area contributed by atoms with Crippen LogP contribution in [0.25, 0.3) is 10.9 Å². The van der Waals surface area contributed by atoms with Crippen LogP contribution in [0.15, 0.2) is 54.9 Å². The van der Waals surface area contributed by atoms with Crippen LogP contribution in [0.1, 0.15) is 20.8 Å². The van der Waals surface area contributed by atoms with Gasteiger partial charge in [0.15, 0.2) is 0 Å². The summed E-state index contributed by atoms with van der Waals surface area (Å²) in [6.45, 7) is 5.54. The van der Waals surface area contributed by atoms with Crippen molar-refractivity contribution < 1.29 is 14.6 Å². The molecule has 1 amide bonds. The number of fused-ring (bicyclic) bond motifs is 1. The molecule has 0 saturated heterocycles. The van der Waals surface area contributed by atoms with E-state index in [9.17, 15) is 9.90 Å². The van der Waals surface area contributed by atoms with E-state index in [1.54, 1.807) is 24.3 Å². The maximum Gasteiger partial charge on any atom is 0.412 e. The second-order valence-corrected chi connectivity index (χ2v) is 6.58. The Morgan fingerprint density at radius 3 is 2.36 bits per heavy atom. The van der Waals surface area contributed by atoms with Crippen LogP contribution in [0.2, 0.25) is 0 Å². The van der Waals surface area contributed by atoms with Crippen LogP contribution < -0.4 is 9.64 Å². The molecule has 0 bridgehead atoms. The minimum atomic E-state index is -0.997. The lowest BCUT2D eigenvalue weighted by atomic mass is 10.1. The molecule has 3 rings (SSSR count). The zero-order chi connectivity index (χ0) is 18.0. The average Bonchev–Trinajstić information content (AvgIpc) is 2.55. The Morgan fingerprint density at radius 2 is 1.72 bits per heavy atom. The van der Waals surface area contributed by atoms with Crippen molar-refractivity contribution in [3.63, 3.8) is 0 Å². The van der Waals surface area contributed by atoms with Gasteiger partial charge in [-0.25, -0.2) is 14.8 Å². The fourth-order valence-electron chi connectivity index (χ4n) is 2.62. The van der Waals surface area contributed by atoms with Gasteiger partial charge in [0, 0.05) is 11.2 Å². The van der Waals surface area contributed by atoms with Crippen LogP contribution in [0, 0.1) is 0 Å². The number of ether oxygens (including phenoxy) is 1. The number of hydrogen-bond donors (Lipinski definition) is 1. The van der Waals surface area contributed by atoms with Gasteiger partial charge in [0.2, 0.25) is 5.88 Å². The number of rotatable bonds is 3. The Kier molecular flexibility index (Phi) is 4.27. The lowest BCUT2D eigenvalue weighted by Crippen LogP contribution is -2.45. The highest BCUT2D eigenvalue weighted by atomic mass is 16.5. The van der Waals surface area contributed by atoms with E-state index >= 15 is 0 Å². The van der Waals surface area contributed by atoms with Gasteiger partial charge < -0.3 is 9.84 Å². The molecule has 0 spiro atoms. The first kappa shape index (κ1) is 16.7. The number of carbonyl (C=O) groups is 1. The molecule has 2 aromatic carbocycles. The van der Waals surface area contributed by atoms with Crippen LogP contribution in [0.3, 0.4) is 0 Å². The zero-order valence-corrected chi connectivity index (χ0v) is 14.3. The Morgan fingerprint density at radius 1 is 1.04 bits per heavy atom. The molecule has 0 aliphatic carbocycles. The van der Waals surface area contributed by atoms with Crippen molar-refractivity contribution in [1.82, 2.24) is 9.97 Å². The van der Waals surface area contributed by atoms with E-state index in [1.165, 1.54) is 11.2 Å². The van der Waals surface area contributed by atoms with Crippen LogP contribution in [-0.4, -0.2) is 26.7 Å². The second-order valence-electron chi connectivity index (χ2n) is 6.58. The molecule has 0 fully saturated rings. The number of anilines is 1. The van der Waals surface area contributed by atoms with Crippen molar-refractivity contribution in [2.24, 2.45) is 0 Å². The predicted octanol–water partition coefficient (Wildman–Crippen LogP) is 4.71. The normalized spacial score (nSPS) is 11.3. The summed E-state index contributed by atoms with van der Waals surface area (Å²) in [7, 11) is 0. The third kappa shape index (κ3) is 3.52. The monoisotopic (exact) mass is 337 g/mol. The lowest BCUT2D eigenvalue weighted by molar-refractivity contribution is 0.195. The van der Waals surface area contributed by atoms with E-state index < -0.39 is 11.6 Å². The molecule has 25 heavy (non-hydrogen) atoms. The first-order valence-corrected chi connectivity index (χ1v) is 7.87. The van der Waals surface area contributed by atoms with Crippen molar-refractivity contribution in [3.05, 3.63) is 54.9 Å². The highest BCUT2D eigenvalue weighted by molar-refractivity contribution is 5.87. The molecule has 1 N–H and O–H groups in total. The smallest absolute Gasteiger partial charge is 0.412 e. The summed E-state index contributed by atoms with van der Waals surface area (Å²) >= 11 is 0. The molecule has 0 aliphatic heterocycles. The molecule has 0 unspecified atom stereocenters. The molecule has 0 atom stereocenters. The van der Waals surface area contributed by atoms with Gasteiger partial charge in [-0.05, 0) is 57.2 Å². The molecule has 1 heterocycles. The van der Waals surface area contributed by atoms with Gasteiger partial charge in [0.25, 0.3) is 0 Å². The van der Waals surface area contributed by atoms with Crippen LogP contribution in [0.5, 0.6) is 11.6 Å². The van der Waals surface area contributed by atoms with Crippen LogP contribution in [0.4, 0.5) is 10.5 Å². The first-order valence-electron chi connectivity index (χ1n) is 7.87. The number of hydrogen-bond acceptors (Lipinski definition) is 4. The van der Waals surface area contributed by atoms with Crippen molar-refractivity contribution in [2.75, 3.05) is 4.90 Å². The predicted molar refractivity (Wildman–Crippen MR) is 96.3 cm³/mol. The first-order chi connectivity index (χ1) is 11.9. The lowest BCUT2D eigenvalue weighted by Gasteiger charge is -2.33. The summed E-state index contributed by atoms with van der Waals surface area (Å²) in [5.74, 6) is 1.04. The SMILES string of the molecule is CC(C)(C)N(C(=O)O)c1ccc(Oc2ncnc3ccccc23)cc1. The quantitative estimate of drug-likeness (QED) is 0.749. The molecule has 128 valence electrons. The molecular weight excluding hydrogens is 318 g/mol. The van der Waals surface area contributed by atoms with Crippen LogP contribution in [-0.2, 0) is 0 Å². The fraction of sp³-hybridized carbons (Fsp3) is 0.211. The Bertz CT molecular complexity index is 896. The molecule has 6 heteroatoms. The number of amides is 1. The average molecular weight is 337 g/mol. The van der Waals surface area contributed by atoms with Gasteiger partial charge in [-0.3, -0.25) is 4.90 Å². The summed E-state index contributed by atoms with van der Waals surface area (Å²) in [5.41, 5.74) is 0.839. The number of benzene rings is 2. The largest absolute Gasteiger partial charge is 0.465 e. The number of para-hydroxylation sites is 1. The molecule has 0 aliphatic rings. The standard InChI is InChI=1S/C19H19N3O3/c1-19(2,3)22(18(23)24)13-8-10-14(11-9-13)25-17-15-6-4-5-7-16(15)20-12-21-17/h4-12H,1-3H3,(H,23,24). The summed E-state index contributed by atoms with van der Waals surface area (Å²) < 4.78 is 5.86. The summed E-state index contributed by atoms with van der Waals surface area (Å²) in [5, 5.41) is 10.3. The highest BCUT2D eigenvalue weighted by Crippen LogP contribution is 2.30. The maximum absolute atomic E-state index is 11.5. The molecule has 1 aromatic heterocycles. The Hall–Kier alpha value is -3.15. The van der Waals surface area contributed by atoms with Gasteiger partial charge in [-0.1, -0.05) is 12.1 Å². The third-order valence-electron chi connectivity index (χ3n) is 3.68. The number of nitrogens with zero attached hydrogens (tertiary/aromatic N) is 3. The van der Waals surface area contributed by atoms with E-state index in [2.05, 4.69) is 9.97 Å². The van der Waals surface area contributed by atoms with Gasteiger partial charge in [-0.2, -0.15) is 0 Å². The summed E-state index contributed by atoms with van der Waals surface area (Å²) in [6.07, 6.45) is 0.459. The van der Waals surface area contributed by atoms with Gasteiger partial charge in [-0.15, -0.1) is 0 Å². The maximum atomic E-state index is 11.5. The van der Waals surface area contributed by atoms with E-state index in [0.717, 1.165) is 10.9 Å². The van der Waals surface area contributed by atoms with Crippen molar-refractivity contribution in [1.29, 1.82) is 0 Å². The highest BCUT2D eigenvalue weighted by Gasteiger charge is 2.27. The molecule has 3 aromatic rings. The fourth-order valence-corrected chi connectivity index (χ4v) is 2.62. The molecule has 0 radical (unpaired) electrons. The topological polar surface area (TPSA) is 75.6 Å². The van der Waals surface area contributed by atoms with Crippen molar-refractivity contribution >= 4 is 22.7 Å². The second kappa shape index (κ2) is 6.39. The van der Waals surface area contributed by atoms with Gasteiger partial charge in [0.05, 0.1) is 10.9 Å².